The van der Waals surface area contributed by atoms with E-state index in [0.717, 1.165) is 30.3 Å². The number of piperazine rings is 1. The van der Waals surface area contributed by atoms with Crippen molar-refractivity contribution in [1.82, 2.24) is 5.32 Å². The van der Waals surface area contributed by atoms with Crippen molar-refractivity contribution in [1.29, 1.82) is 0 Å². The second kappa shape index (κ2) is 4.64. The molecule has 6 heteroatoms. The third-order valence-corrected chi connectivity index (χ3v) is 3.32. The minimum absolute atomic E-state index is 0.237. The zero-order valence-corrected chi connectivity index (χ0v) is 10.1. The van der Waals surface area contributed by atoms with Crippen LogP contribution in [0, 0.1) is 0 Å². The lowest BCUT2D eigenvalue weighted by Gasteiger charge is -2.40. The molecular formula is C12H18N4O2. The zero-order valence-electron chi connectivity index (χ0n) is 10.1. The molecule has 2 unspecified atom stereocenters. The van der Waals surface area contributed by atoms with Crippen LogP contribution < -0.4 is 31.2 Å². The topological polar surface area (TPSA) is 85.8 Å². The second-order valence-electron chi connectivity index (χ2n) is 4.47. The van der Waals surface area contributed by atoms with Gasteiger partial charge in [-0.05, 0) is 12.1 Å². The van der Waals surface area contributed by atoms with Gasteiger partial charge in [0.2, 0.25) is 0 Å². The van der Waals surface area contributed by atoms with Crippen LogP contribution in [0.1, 0.15) is 0 Å². The Morgan fingerprint density at radius 3 is 2.94 bits per heavy atom. The highest BCUT2D eigenvalue weighted by atomic mass is 16.6. The number of nitrogens with one attached hydrogen (secondary N) is 1. The number of hydrogen-bond donors (Lipinski definition) is 3. The molecule has 0 bridgehead atoms. The number of benzene rings is 1. The molecule has 0 radical (unpaired) electrons. The SMILES string of the molecule is NC1NCCN(c2cccc3c2OCCO3)C1N. The fraction of sp³-hybridized carbons (Fsp3) is 0.500. The molecule has 6 nitrogen and oxygen atoms in total. The fourth-order valence-electron chi connectivity index (χ4n) is 2.38. The van der Waals surface area contributed by atoms with E-state index in [1.807, 2.05) is 18.2 Å². The van der Waals surface area contributed by atoms with Crippen LogP contribution in [0.3, 0.4) is 0 Å². The largest absolute Gasteiger partial charge is 0.486 e. The molecule has 18 heavy (non-hydrogen) atoms. The maximum absolute atomic E-state index is 6.13. The Hall–Kier alpha value is -1.50. The maximum atomic E-state index is 6.13. The predicted molar refractivity (Wildman–Crippen MR) is 68.7 cm³/mol. The summed E-state index contributed by atoms with van der Waals surface area (Å²) in [5, 5.41) is 3.15. The summed E-state index contributed by atoms with van der Waals surface area (Å²) in [4.78, 5) is 2.06. The molecule has 0 amide bonds. The van der Waals surface area contributed by atoms with E-state index in [2.05, 4.69) is 10.2 Å². The molecule has 2 heterocycles. The van der Waals surface area contributed by atoms with Gasteiger partial charge in [-0.3, -0.25) is 5.32 Å². The first-order valence-corrected chi connectivity index (χ1v) is 6.17. The first kappa shape index (κ1) is 11.6. The Morgan fingerprint density at radius 1 is 1.22 bits per heavy atom. The summed E-state index contributed by atoms with van der Waals surface area (Å²) < 4.78 is 11.3. The second-order valence-corrected chi connectivity index (χ2v) is 4.47. The van der Waals surface area contributed by atoms with E-state index in [0.29, 0.717) is 13.2 Å². The van der Waals surface area contributed by atoms with E-state index >= 15 is 0 Å². The molecule has 2 atom stereocenters. The van der Waals surface area contributed by atoms with E-state index in [9.17, 15) is 0 Å². The number of hydrogen-bond acceptors (Lipinski definition) is 6. The number of ether oxygens (including phenoxy) is 2. The predicted octanol–water partition coefficient (Wildman–Crippen LogP) is -0.563. The van der Waals surface area contributed by atoms with E-state index in [1.165, 1.54) is 0 Å². The highest BCUT2D eigenvalue weighted by Gasteiger charge is 2.29. The summed E-state index contributed by atoms with van der Waals surface area (Å²) in [6.45, 7) is 2.76. The number of fused-ring (bicyclic) bond motifs is 1. The van der Waals surface area contributed by atoms with Gasteiger partial charge in [0.15, 0.2) is 11.5 Å². The molecule has 0 saturated carbocycles. The lowest BCUT2D eigenvalue weighted by atomic mass is 10.2. The van der Waals surface area contributed by atoms with Gasteiger partial charge >= 0.3 is 0 Å². The van der Waals surface area contributed by atoms with Crippen molar-refractivity contribution >= 4 is 5.69 Å². The maximum Gasteiger partial charge on any atom is 0.184 e. The average Bonchev–Trinajstić information content (AvgIpc) is 2.41. The van der Waals surface area contributed by atoms with Gasteiger partial charge in [0.05, 0.1) is 11.9 Å². The Kier molecular flexibility index (Phi) is 2.99. The van der Waals surface area contributed by atoms with E-state index in [-0.39, 0.29) is 12.3 Å². The van der Waals surface area contributed by atoms with Gasteiger partial charge in [0.25, 0.3) is 0 Å². The van der Waals surface area contributed by atoms with Gasteiger partial charge in [-0.25, -0.2) is 0 Å². The Balaban J connectivity index is 1.96. The van der Waals surface area contributed by atoms with Crippen molar-refractivity contribution < 1.29 is 9.47 Å². The minimum Gasteiger partial charge on any atom is -0.486 e. The minimum atomic E-state index is -0.268. The molecule has 1 aromatic carbocycles. The lowest BCUT2D eigenvalue weighted by Crippen LogP contribution is -2.65. The first-order chi connectivity index (χ1) is 8.77. The van der Waals surface area contributed by atoms with E-state index in [4.69, 9.17) is 20.9 Å². The normalized spacial score (nSPS) is 27.1. The summed E-state index contributed by atoms with van der Waals surface area (Å²) in [5.41, 5.74) is 13.0. The van der Waals surface area contributed by atoms with Crippen LogP contribution in [-0.4, -0.2) is 38.6 Å². The molecule has 0 spiro atoms. The van der Waals surface area contributed by atoms with Gasteiger partial charge in [-0.2, -0.15) is 0 Å². The quantitative estimate of drug-likeness (QED) is 0.619. The molecule has 5 N–H and O–H groups in total. The van der Waals surface area contributed by atoms with E-state index in [1.54, 1.807) is 0 Å². The van der Waals surface area contributed by atoms with Crippen molar-refractivity contribution in [2.24, 2.45) is 11.5 Å². The summed E-state index contributed by atoms with van der Waals surface area (Å²) >= 11 is 0. The van der Waals surface area contributed by atoms with Gasteiger partial charge in [-0.1, -0.05) is 6.07 Å². The smallest absolute Gasteiger partial charge is 0.184 e. The molecule has 2 aliphatic rings. The number of para-hydroxylation sites is 1. The van der Waals surface area contributed by atoms with Crippen molar-refractivity contribution in [3.05, 3.63) is 18.2 Å². The monoisotopic (exact) mass is 250 g/mol. The first-order valence-electron chi connectivity index (χ1n) is 6.17. The molecular weight excluding hydrogens is 232 g/mol. The zero-order chi connectivity index (χ0) is 12.5. The van der Waals surface area contributed by atoms with Crippen molar-refractivity contribution in [3.8, 4) is 11.5 Å². The number of rotatable bonds is 1. The van der Waals surface area contributed by atoms with Gasteiger partial charge < -0.3 is 25.8 Å². The van der Waals surface area contributed by atoms with Gasteiger partial charge in [0.1, 0.15) is 19.4 Å². The van der Waals surface area contributed by atoms with Gasteiger partial charge in [-0.15, -0.1) is 0 Å². The molecule has 0 aromatic heterocycles. The summed E-state index contributed by atoms with van der Waals surface area (Å²) in [7, 11) is 0. The van der Waals surface area contributed by atoms with Gasteiger partial charge in [0, 0.05) is 13.1 Å². The number of anilines is 1. The fourth-order valence-corrected chi connectivity index (χ4v) is 2.38. The molecule has 0 aliphatic carbocycles. The summed E-state index contributed by atoms with van der Waals surface area (Å²) in [6.07, 6.45) is -0.505. The molecule has 2 aliphatic heterocycles. The molecule has 3 rings (SSSR count). The third-order valence-electron chi connectivity index (χ3n) is 3.32. The Bertz CT molecular complexity index is 440. The van der Waals surface area contributed by atoms with Crippen LogP contribution in [0.2, 0.25) is 0 Å². The Morgan fingerprint density at radius 2 is 2.06 bits per heavy atom. The molecule has 1 saturated heterocycles. The standard InChI is InChI=1S/C12H18N4O2/c13-11-12(14)16(5-4-15-11)8-2-1-3-9-10(8)18-7-6-17-9/h1-3,11-12,15H,4-7,13-14H2. The third kappa shape index (κ3) is 1.88. The number of nitrogens with zero attached hydrogens (tertiary/aromatic N) is 1. The Labute approximate surface area is 106 Å². The highest BCUT2D eigenvalue weighted by molar-refractivity contribution is 5.66. The average molecular weight is 250 g/mol. The van der Waals surface area contributed by atoms with Crippen molar-refractivity contribution in [2.75, 3.05) is 31.2 Å². The van der Waals surface area contributed by atoms with Crippen LogP contribution in [-0.2, 0) is 0 Å². The summed E-state index contributed by atoms with van der Waals surface area (Å²) in [6, 6.07) is 5.85. The molecule has 1 fully saturated rings. The lowest BCUT2D eigenvalue weighted by molar-refractivity contribution is 0.171. The van der Waals surface area contributed by atoms with Crippen molar-refractivity contribution in [3.63, 3.8) is 0 Å². The van der Waals surface area contributed by atoms with Crippen LogP contribution in [0.5, 0.6) is 11.5 Å². The highest BCUT2D eigenvalue weighted by Crippen LogP contribution is 2.40. The summed E-state index contributed by atoms with van der Waals surface area (Å²) in [5.74, 6) is 1.55. The van der Waals surface area contributed by atoms with Crippen LogP contribution in [0.25, 0.3) is 0 Å². The molecule has 98 valence electrons. The van der Waals surface area contributed by atoms with Crippen LogP contribution >= 0.6 is 0 Å². The molecule has 1 aromatic rings. The van der Waals surface area contributed by atoms with Crippen molar-refractivity contribution in [2.45, 2.75) is 12.3 Å². The van der Waals surface area contributed by atoms with E-state index < -0.39 is 0 Å². The van der Waals surface area contributed by atoms with Crippen LogP contribution in [0.4, 0.5) is 5.69 Å². The number of nitrogens with two attached hydrogens (primary N) is 2. The van der Waals surface area contributed by atoms with Crippen LogP contribution in [0.15, 0.2) is 18.2 Å².